The summed E-state index contributed by atoms with van der Waals surface area (Å²) < 4.78 is 0. The summed E-state index contributed by atoms with van der Waals surface area (Å²) in [4.78, 5) is 24.2. The molecule has 0 radical (unpaired) electrons. The van der Waals surface area contributed by atoms with E-state index in [1.807, 2.05) is 24.3 Å². The van der Waals surface area contributed by atoms with Crippen LogP contribution in [0, 0.1) is 11.3 Å². The molecule has 0 N–H and O–H groups in total. The summed E-state index contributed by atoms with van der Waals surface area (Å²) >= 11 is 0. The number of pyridine rings is 1. The molecule has 0 bridgehead atoms. The standard InChI is InChI=1S/C23H38N4O/c1-23(2,3)18-25(4)22(28)20-6-5-13-27(17-20)21-9-14-26(15-10-21)16-19-7-11-24-12-8-19/h7-8,11-12,20-21H,5-6,9-10,13-18H2,1-4H3/t20-/m1/s1. The summed E-state index contributed by atoms with van der Waals surface area (Å²) in [7, 11) is 1.98. The molecule has 0 aliphatic carbocycles. The van der Waals surface area contributed by atoms with E-state index in [0.717, 1.165) is 52.1 Å². The number of nitrogens with zero attached hydrogens (tertiary/aromatic N) is 4. The number of likely N-dealkylation sites (tertiary alicyclic amines) is 2. The van der Waals surface area contributed by atoms with Crippen molar-refractivity contribution >= 4 is 5.91 Å². The molecule has 0 aromatic carbocycles. The number of hydrogen-bond acceptors (Lipinski definition) is 4. The highest BCUT2D eigenvalue weighted by Crippen LogP contribution is 2.26. The van der Waals surface area contributed by atoms with Gasteiger partial charge < -0.3 is 4.90 Å². The molecule has 2 aliphatic rings. The lowest BCUT2D eigenvalue weighted by Crippen LogP contribution is -2.51. The van der Waals surface area contributed by atoms with Crippen LogP contribution in [0.3, 0.4) is 0 Å². The SMILES string of the molecule is CN(CC(C)(C)C)C(=O)[C@@H]1CCCN(C2CCN(Cc3ccncc3)CC2)C1. The lowest BCUT2D eigenvalue weighted by Gasteiger charge is -2.42. The predicted molar refractivity (Wildman–Crippen MR) is 114 cm³/mol. The van der Waals surface area contributed by atoms with Gasteiger partial charge in [-0.15, -0.1) is 0 Å². The van der Waals surface area contributed by atoms with E-state index < -0.39 is 0 Å². The third-order valence-electron chi connectivity index (χ3n) is 6.12. The van der Waals surface area contributed by atoms with Gasteiger partial charge >= 0.3 is 0 Å². The molecule has 0 spiro atoms. The highest BCUT2D eigenvalue weighted by molar-refractivity contribution is 5.79. The van der Waals surface area contributed by atoms with Crippen molar-refractivity contribution in [2.45, 2.75) is 59.0 Å². The van der Waals surface area contributed by atoms with Crippen LogP contribution >= 0.6 is 0 Å². The summed E-state index contributed by atoms with van der Waals surface area (Å²) in [6, 6.07) is 4.86. The number of carbonyl (C=O) groups is 1. The molecule has 0 saturated carbocycles. The molecule has 1 aromatic heterocycles. The maximum absolute atomic E-state index is 12.9. The molecule has 1 atom stereocenters. The smallest absolute Gasteiger partial charge is 0.226 e. The summed E-state index contributed by atoms with van der Waals surface area (Å²) in [6.07, 6.45) is 8.38. The molecule has 2 aliphatic heterocycles. The third-order valence-corrected chi connectivity index (χ3v) is 6.12. The van der Waals surface area contributed by atoms with Crippen LogP contribution in [-0.4, -0.2) is 71.4 Å². The Morgan fingerprint density at radius 2 is 1.82 bits per heavy atom. The van der Waals surface area contributed by atoms with E-state index in [1.165, 1.54) is 18.4 Å². The molecule has 5 heteroatoms. The maximum Gasteiger partial charge on any atom is 0.226 e. The average molecular weight is 387 g/mol. The molecule has 156 valence electrons. The van der Waals surface area contributed by atoms with E-state index in [1.54, 1.807) is 0 Å². The summed E-state index contributed by atoms with van der Waals surface area (Å²) in [5, 5.41) is 0. The minimum atomic E-state index is 0.153. The first-order chi connectivity index (χ1) is 13.3. The van der Waals surface area contributed by atoms with Gasteiger partial charge in [-0.2, -0.15) is 0 Å². The van der Waals surface area contributed by atoms with Crippen molar-refractivity contribution in [1.29, 1.82) is 0 Å². The second-order valence-corrected chi connectivity index (χ2v) is 9.95. The normalized spacial score (nSPS) is 22.9. The van der Waals surface area contributed by atoms with Gasteiger partial charge in [-0.25, -0.2) is 0 Å². The largest absolute Gasteiger partial charge is 0.345 e. The van der Waals surface area contributed by atoms with E-state index in [-0.39, 0.29) is 11.3 Å². The van der Waals surface area contributed by atoms with Crippen molar-refractivity contribution in [3.8, 4) is 0 Å². The Kier molecular flexibility index (Phi) is 7.10. The summed E-state index contributed by atoms with van der Waals surface area (Å²) in [5.41, 5.74) is 1.50. The van der Waals surface area contributed by atoms with Crippen LogP contribution in [0.5, 0.6) is 0 Å². The van der Waals surface area contributed by atoms with Crippen LogP contribution in [0.1, 0.15) is 52.0 Å². The van der Waals surface area contributed by atoms with E-state index in [9.17, 15) is 4.79 Å². The highest BCUT2D eigenvalue weighted by Gasteiger charge is 2.33. The predicted octanol–water partition coefficient (Wildman–Crippen LogP) is 3.26. The van der Waals surface area contributed by atoms with Crippen molar-refractivity contribution < 1.29 is 4.79 Å². The van der Waals surface area contributed by atoms with E-state index in [2.05, 4.69) is 47.7 Å². The Hall–Kier alpha value is -1.46. The molecule has 3 rings (SSSR count). The number of amides is 1. The molecular formula is C23H38N4O. The fraction of sp³-hybridized carbons (Fsp3) is 0.739. The molecule has 3 heterocycles. The Bertz CT molecular complexity index is 619. The average Bonchev–Trinajstić information content (AvgIpc) is 2.67. The Balaban J connectivity index is 1.48. The number of piperidine rings is 2. The highest BCUT2D eigenvalue weighted by atomic mass is 16.2. The van der Waals surface area contributed by atoms with E-state index in [4.69, 9.17) is 0 Å². The van der Waals surface area contributed by atoms with Gasteiger partial charge in [-0.05, 0) is 68.4 Å². The zero-order valence-corrected chi connectivity index (χ0v) is 18.2. The van der Waals surface area contributed by atoms with Crippen LogP contribution in [0.4, 0.5) is 0 Å². The summed E-state index contributed by atoms with van der Waals surface area (Å²) in [6.45, 7) is 12.8. The lowest BCUT2D eigenvalue weighted by molar-refractivity contribution is -0.137. The second kappa shape index (κ2) is 9.36. The van der Waals surface area contributed by atoms with Gasteiger partial charge in [-0.3, -0.25) is 19.6 Å². The molecule has 1 amide bonds. The minimum absolute atomic E-state index is 0.153. The minimum Gasteiger partial charge on any atom is -0.345 e. The Morgan fingerprint density at radius 1 is 1.14 bits per heavy atom. The van der Waals surface area contributed by atoms with Gasteiger partial charge in [0.05, 0.1) is 5.92 Å². The molecule has 0 unspecified atom stereocenters. The zero-order chi connectivity index (χ0) is 20.1. The van der Waals surface area contributed by atoms with Crippen molar-refractivity contribution in [2.75, 3.05) is 39.8 Å². The van der Waals surface area contributed by atoms with Crippen LogP contribution in [0.2, 0.25) is 0 Å². The molecule has 28 heavy (non-hydrogen) atoms. The third kappa shape index (κ3) is 6.02. The first-order valence-electron chi connectivity index (χ1n) is 10.9. The van der Waals surface area contributed by atoms with E-state index >= 15 is 0 Å². The number of carbonyl (C=O) groups excluding carboxylic acids is 1. The van der Waals surface area contributed by atoms with Gasteiger partial charge in [-0.1, -0.05) is 20.8 Å². The van der Waals surface area contributed by atoms with Crippen LogP contribution in [0.25, 0.3) is 0 Å². The number of rotatable bonds is 5. The zero-order valence-electron chi connectivity index (χ0n) is 18.2. The van der Waals surface area contributed by atoms with Gasteiger partial charge in [0.1, 0.15) is 0 Å². The van der Waals surface area contributed by atoms with E-state index in [0.29, 0.717) is 11.9 Å². The van der Waals surface area contributed by atoms with Crippen molar-refractivity contribution in [3.05, 3.63) is 30.1 Å². The van der Waals surface area contributed by atoms with Crippen LogP contribution < -0.4 is 0 Å². The van der Waals surface area contributed by atoms with Crippen LogP contribution in [0.15, 0.2) is 24.5 Å². The second-order valence-electron chi connectivity index (χ2n) is 9.95. The molecule has 5 nitrogen and oxygen atoms in total. The fourth-order valence-electron chi connectivity index (χ4n) is 4.83. The number of hydrogen-bond donors (Lipinski definition) is 0. The molecular weight excluding hydrogens is 348 g/mol. The molecule has 1 aromatic rings. The lowest BCUT2D eigenvalue weighted by atomic mass is 9.91. The van der Waals surface area contributed by atoms with Crippen molar-refractivity contribution in [1.82, 2.24) is 19.7 Å². The summed E-state index contributed by atoms with van der Waals surface area (Å²) in [5.74, 6) is 0.519. The quantitative estimate of drug-likeness (QED) is 0.779. The fourth-order valence-corrected chi connectivity index (χ4v) is 4.83. The van der Waals surface area contributed by atoms with Crippen molar-refractivity contribution in [3.63, 3.8) is 0 Å². The van der Waals surface area contributed by atoms with Gasteiger partial charge in [0.15, 0.2) is 0 Å². The van der Waals surface area contributed by atoms with Gasteiger partial charge in [0.25, 0.3) is 0 Å². The van der Waals surface area contributed by atoms with Crippen LogP contribution in [-0.2, 0) is 11.3 Å². The van der Waals surface area contributed by atoms with Gasteiger partial charge in [0.2, 0.25) is 5.91 Å². The Morgan fingerprint density at radius 3 is 2.46 bits per heavy atom. The number of aromatic nitrogens is 1. The maximum atomic E-state index is 12.9. The van der Waals surface area contributed by atoms with Crippen molar-refractivity contribution in [2.24, 2.45) is 11.3 Å². The Labute approximate surface area is 171 Å². The topological polar surface area (TPSA) is 39.7 Å². The monoisotopic (exact) mass is 386 g/mol. The first-order valence-corrected chi connectivity index (χ1v) is 10.9. The molecule has 2 saturated heterocycles. The molecule has 2 fully saturated rings. The van der Waals surface area contributed by atoms with Gasteiger partial charge in [0, 0.05) is 45.1 Å². The first kappa shape index (κ1) is 21.3.